The van der Waals surface area contributed by atoms with Gasteiger partial charge in [-0.15, -0.1) is 0 Å². The molecule has 5 heteroatoms. The van der Waals surface area contributed by atoms with Gasteiger partial charge in [0.15, 0.2) is 0 Å². The Morgan fingerprint density at radius 2 is 2.05 bits per heavy atom. The van der Waals surface area contributed by atoms with Crippen molar-refractivity contribution in [1.82, 2.24) is 9.55 Å². The van der Waals surface area contributed by atoms with Crippen LogP contribution in [0.5, 0.6) is 5.75 Å². The number of benzene rings is 1. The third-order valence-electron chi connectivity index (χ3n) is 3.72. The van der Waals surface area contributed by atoms with E-state index in [0.717, 1.165) is 30.1 Å². The number of aryl methyl sites for hydroxylation is 1. The topological polar surface area (TPSA) is 56.3 Å². The summed E-state index contributed by atoms with van der Waals surface area (Å²) in [6, 6.07) is 8.11. The second kappa shape index (κ2) is 7.13. The SMILES string of the molecule is CCCn1cncc1C(CN)N(C)c1ccc(OC)cc1. The van der Waals surface area contributed by atoms with Crippen molar-refractivity contribution in [2.45, 2.75) is 25.9 Å². The Kier molecular flexibility index (Phi) is 5.22. The highest BCUT2D eigenvalue weighted by atomic mass is 16.5. The van der Waals surface area contributed by atoms with Gasteiger partial charge in [-0.05, 0) is 30.7 Å². The lowest BCUT2D eigenvalue weighted by Gasteiger charge is -2.30. The quantitative estimate of drug-likeness (QED) is 0.850. The number of imidazole rings is 1. The second-order valence-electron chi connectivity index (χ2n) is 5.07. The summed E-state index contributed by atoms with van der Waals surface area (Å²) in [6.07, 6.45) is 4.86. The van der Waals surface area contributed by atoms with Crippen LogP contribution in [0.3, 0.4) is 0 Å². The number of nitrogens with two attached hydrogens (primary N) is 1. The Labute approximate surface area is 126 Å². The van der Waals surface area contributed by atoms with Crippen molar-refractivity contribution in [3.8, 4) is 5.75 Å². The lowest BCUT2D eigenvalue weighted by atomic mass is 10.1. The van der Waals surface area contributed by atoms with Crippen LogP contribution in [0.2, 0.25) is 0 Å². The second-order valence-corrected chi connectivity index (χ2v) is 5.07. The lowest BCUT2D eigenvalue weighted by Crippen LogP contribution is -2.32. The van der Waals surface area contributed by atoms with Gasteiger partial charge in [0.1, 0.15) is 5.75 Å². The molecule has 1 heterocycles. The Bertz CT molecular complexity index is 550. The molecule has 0 spiro atoms. The largest absolute Gasteiger partial charge is 0.497 e. The first kappa shape index (κ1) is 15.4. The van der Waals surface area contributed by atoms with Crippen molar-refractivity contribution in [2.24, 2.45) is 5.73 Å². The maximum atomic E-state index is 6.02. The van der Waals surface area contributed by atoms with Gasteiger partial charge in [0.2, 0.25) is 0 Å². The van der Waals surface area contributed by atoms with Gasteiger partial charge in [0.05, 0.1) is 31.4 Å². The van der Waals surface area contributed by atoms with Gasteiger partial charge in [-0.3, -0.25) is 0 Å². The Morgan fingerprint density at radius 3 is 2.62 bits per heavy atom. The first-order valence-corrected chi connectivity index (χ1v) is 7.28. The number of rotatable bonds is 7. The molecule has 0 saturated heterocycles. The third kappa shape index (κ3) is 3.36. The summed E-state index contributed by atoms with van der Waals surface area (Å²) in [7, 11) is 3.73. The van der Waals surface area contributed by atoms with Crippen LogP contribution in [0, 0.1) is 0 Å². The maximum absolute atomic E-state index is 6.02. The Hall–Kier alpha value is -2.01. The first-order valence-electron chi connectivity index (χ1n) is 7.28. The predicted octanol–water partition coefficient (Wildman–Crippen LogP) is 2.44. The zero-order chi connectivity index (χ0) is 15.2. The molecule has 0 aliphatic carbocycles. The molecule has 0 amide bonds. The summed E-state index contributed by atoms with van der Waals surface area (Å²) in [5.41, 5.74) is 8.27. The van der Waals surface area contributed by atoms with Crippen LogP contribution in [-0.2, 0) is 6.54 Å². The molecule has 0 aliphatic rings. The fourth-order valence-electron chi connectivity index (χ4n) is 2.51. The molecule has 1 aromatic carbocycles. The predicted molar refractivity (Wildman–Crippen MR) is 85.7 cm³/mol. The van der Waals surface area contributed by atoms with Crippen molar-refractivity contribution in [3.05, 3.63) is 42.5 Å². The van der Waals surface area contributed by atoms with E-state index in [0.29, 0.717) is 6.54 Å². The minimum atomic E-state index is 0.104. The molecule has 1 unspecified atom stereocenters. The van der Waals surface area contributed by atoms with Gasteiger partial charge < -0.3 is 19.9 Å². The molecule has 2 rings (SSSR count). The van der Waals surface area contributed by atoms with Gasteiger partial charge in [-0.2, -0.15) is 0 Å². The number of likely N-dealkylation sites (N-methyl/N-ethyl adjacent to an activating group) is 1. The minimum Gasteiger partial charge on any atom is -0.497 e. The van der Waals surface area contributed by atoms with Crippen LogP contribution in [0.1, 0.15) is 25.1 Å². The van der Waals surface area contributed by atoms with Crippen LogP contribution in [0.25, 0.3) is 0 Å². The molecule has 5 nitrogen and oxygen atoms in total. The molecule has 1 atom stereocenters. The van der Waals surface area contributed by atoms with Gasteiger partial charge in [-0.1, -0.05) is 6.92 Å². The molecule has 0 radical (unpaired) electrons. The molecule has 0 aliphatic heterocycles. The van der Waals surface area contributed by atoms with Crippen LogP contribution in [-0.4, -0.2) is 30.3 Å². The average Bonchev–Trinajstić information content (AvgIpc) is 2.97. The molecule has 0 fully saturated rings. The van der Waals surface area contributed by atoms with Crippen LogP contribution >= 0.6 is 0 Å². The van der Waals surface area contributed by atoms with E-state index in [1.54, 1.807) is 7.11 Å². The van der Waals surface area contributed by atoms with E-state index >= 15 is 0 Å². The molecular formula is C16H24N4O. The van der Waals surface area contributed by atoms with E-state index in [1.807, 2.05) is 36.8 Å². The molecule has 0 bridgehead atoms. The normalized spacial score (nSPS) is 12.2. The molecule has 1 aromatic heterocycles. The van der Waals surface area contributed by atoms with E-state index in [9.17, 15) is 0 Å². The molecule has 0 saturated carbocycles. The van der Waals surface area contributed by atoms with E-state index < -0.39 is 0 Å². The molecule has 2 N–H and O–H groups in total. The van der Waals surface area contributed by atoms with Gasteiger partial charge in [0, 0.05) is 25.8 Å². The first-order chi connectivity index (χ1) is 10.2. The number of ether oxygens (including phenoxy) is 1. The summed E-state index contributed by atoms with van der Waals surface area (Å²) < 4.78 is 7.38. The highest BCUT2D eigenvalue weighted by molar-refractivity contribution is 5.50. The molecular weight excluding hydrogens is 264 g/mol. The van der Waals surface area contributed by atoms with Crippen molar-refractivity contribution in [1.29, 1.82) is 0 Å². The number of methoxy groups -OCH3 is 1. The zero-order valence-corrected chi connectivity index (χ0v) is 13.0. The zero-order valence-electron chi connectivity index (χ0n) is 13.0. The monoisotopic (exact) mass is 288 g/mol. The van der Waals surface area contributed by atoms with E-state index in [2.05, 4.69) is 28.4 Å². The average molecular weight is 288 g/mol. The lowest BCUT2D eigenvalue weighted by molar-refractivity contribution is 0.415. The van der Waals surface area contributed by atoms with E-state index in [1.165, 1.54) is 0 Å². The van der Waals surface area contributed by atoms with Crippen molar-refractivity contribution in [2.75, 3.05) is 25.6 Å². The summed E-state index contributed by atoms with van der Waals surface area (Å²) >= 11 is 0. The highest BCUT2D eigenvalue weighted by Gasteiger charge is 2.19. The van der Waals surface area contributed by atoms with Crippen molar-refractivity contribution < 1.29 is 4.74 Å². The summed E-state index contributed by atoms with van der Waals surface area (Å²) in [5.74, 6) is 0.854. The Balaban J connectivity index is 2.24. The van der Waals surface area contributed by atoms with E-state index in [-0.39, 0.29) is 6.04 Å². The van der Waals surface area contributed by atoms with Gasteiger partial charge >= 0.3 is 0 Å². The third-order valence-corrected chi connectivity index (χ3v) is 3.72. The van der Waals surface area contributed by atoms with E-state index in [4.69, 9.17) is 10.5 Å². The van der Waals surface area contributed by atoms with Crippen molar-refractivity contribution in [3.63, 3.8) is 0 Å². The number of aromatic nitrogens is 2. The number of hydrogen-bond donors (Lipinski definition) is 1. The summed E-state index contributed by atoms with van der Waals surface area (Å²) in [6.45, 7) is 3.66. The fourth-order valence-corrected chi connectivity index (χ4v) is 2.51. The summed E-state index contributed by atoms with van der Waals surface area (Å²) in [4.78, 5) is 6.46. The molecule has 2 aromatic rings. The number of anilines is 1. The van der Waals surface area contributed by atoms with Gasteiger partial charge in [-0.25, -0.2) is 4.98 Å². The fraction of sp³-hybridized carbons (Fsp3) is 0.438. The van der Waals surface area contributed by atoms with Crippen molar-refractivity contribution >= 4 is 5.69 Å². The molecule has 21 heavy (non-hydrogen) atoms. The van der Waals surface area contributed by atoms with Crippen LogP contribution in [0.15, 0.2) is 36.8 Å². The Morgan fingerprint density at radius 1 is 1.33 bits per heavy atom. The standard InChI is InChI=1S/C16H24N4O/c1-4-9-20-12-18-11-16(20)15(10-17)19(2)13-5-7-14(21-3)8-6-13/h5-8,11-12,15H,4,9-10,17H2,1-3H3. The maximum Gasteiger partial charge on any atom is 0.119 e. The molecule has 114 valence electrons. The highest BCUT2D eigenvalue weighted by Crippen LogP contribution is 2.26. The number of hydrogen-bond acceptors (Lipinski definition) is 4. The minimum absolute atomic E-state index is 0.104. The smallest absolute Gasteiger partial charge is 0.119 e. The van der Waals surface area contributed by atoms with Crippen LogP contribution < -0.4 is 15.4 Å². The van der Waals surface area contributed by atoms with Gasteiger partial charge in [0.25, 0.3) is 0 Å². The number of nitrogens with zero attached hydrogens (tertiary/aromatic N) is 3. The summed E-state index contributed by atoms with van der Waals surface area (Å²) in [5, 5.41) is 0. The van der Waals surface area contributed by atoms with Crippen LogP contribution in [0.4, 0.5) is 5.69 Å².